The maximum Gasteiger partial charge on any atom is 0.206 e. The molecule has 1 aromatic carbocycles. The van der Waals surface area contributed by atoms with Crippen LogP contribution in [-0.4, -0.2) is 27.8 Å². The molecule has 6 nitrogen and oxygen atoms in total. The molecule has 3 atom stereocenters. The van der Waals surface area contributed by atoms with Gasteiger partial charge in [0, 0.05) is 17.7 Å². The van der Waals surface area contributed by atoms with Crippen molar-refractivity contribution in [3.8, 4) is 0 Å². The Morgan fingerprint density at radius 3 is 2.93 bits per heavy atom. The second-order valence-corrected chi connectivity index (χ2v) is 7.68. The van der Waals surface area contributed by atoms with Crippen LogP contribution in [0.2, 0.25) is 0 Å². The molecule has 0 amide bonds. The summed E-state index contributed by atoms with van der Waals surface area (Å²) in [6.45, 7) is 4.78. The predicted octanol–water partition coefficient (Wildman–Crippen LogP) is 3.34. The molecule has 0 saturated carbocycles. The fourth-order valence-electron chi connectivity index (χ4n) is 2.98. The van der Waals surface area contributed by atoms with Crippen LogP contribution >= 0.6 is 11.3 Å². The van der Waals surface area contributed by atoms with Gasteiger partial charge in [0.1, 0.15) is 12.1 Å². The first kappa shape index (κ1) is 19.7. The van der Waals surface area contributed by atoms with Crippen molar-refractivity contribution in [2.45, 2.75) is 38.8 Å². The van der Waals surface area contributed by atoms with E-state index in [0.717, 1.165) is 11.1 Å². The Hall–Kier alpha value is -2.06. The predicted molar refractivity (Wildman–Crippen MR) is 105 cm³/mol. The molecular weight excluding hydrogens is 362 g/mol. The van der Waals surface area contributed by atoms with Crippen LogP contribution in [0.15, 0.2) is 48.2 Å². The second kappa shape index (κ2) is 8.75. The number of aliphatic hydroxyl groups is 1. The minimum Gasteiger partial charge on any atom is -0.383 e. The molecule has 27 heavy (non-hydrogen) atoms. The molecule has 1 aliphatic rings. The number of nitrogens with zero attached hydrogens (tertiary/aromatic N) is 2. The zero-order chi connectivity index (χ0) is 19.3. The van der Waals surface area contributed by atoms with Crippen LogP contribution < -0.4 is 5.73 Å². The van der Waals surface area contributed by atoms with Gasteiger partial charge in [-0.15, -0.1) is 11.3 Å². The minimum absolute atomic E-state index is 0.0931. The van der Waals surface area contributed by atoms with E-state index in [1.165, 1.54) is 17.7 Å². The first-order chi connectivity index (χ1) is 13.0. The molecule has 0 bridgehead atoms. The van der Waals surface area contributed by atoms with Gasteiger partial charge in [-0.2, -0.15) is 0 Å². The summed E-state index contributed by atoms with van der Waals surface area (Å²) in [6.07, 6.45) is 3.48. The largest absolute Gasteiger partial charge is 0.383 e. The lowest BCUT2D eigenvalue weighted by Crippen LogP contribution is -2.31. The number of hydrogen-bond donors (Lipinski definition) is 2. The molecular formula is C20H25N3O3S. The van der Waals surface area contributed by atoms with Gasteiger partial charge in [-0.25, -0.2) is 9.97 Å². The molecule has 0 radical (unpaired) electrons. The SMILES string of the molecule is Cc1csc(C2(O)OC(COCc3ccccc3)C[C@@H]2C)cncnc1N. The molecule has 7 heteroatoms. The maximum atomic E-state index is 11.2. The molecule has 3 N–H and O–H groups in total. The molecule has 2 heterocycles. The molecule has 1 saturated heterocycles. The number of ether oxygens (including phenoxy) is 2. The number of nitrogens with two attached hydrogens (primary N) is 1. The number of aryl methyl sites for hydroxylation is 1. The molecule has 1 aromatic heterocycles. The smallest absolute Gasteiger partial charge is 0.206 e. The van der Waals surface area contributed by atoms with Crippen molar-refractivity contribution in [1.82, 2.24) is 9.97 Å². The third kappa shape index (κ3) is 4.81. The quantitative estimate of drug-likeness (QED) is 0.818. The van der Waals surface area contributed by atoms with E-state index in [1.807, 2.05) is 49.6 Å². The Labute approximate surface area is 163 Å². The van der Waals surface area contributed by atoms with Crippen LogP contribution in [0.25, 0.3) is 0 Å². The molecule has 1 fully saturated rings. The summed E-state index contributed by atoms with van der Waals surface area (Å²) in [5.41, 5.74) is 7.77. The van der Waals surface area contributed by atoms with E-state index in [1.54, 1.807) is 6.20 Å². The van der Waals surface area contributed by atoms with Gasteiger partial charge in [-0.3, -0.25) is 0 Å². The number of benzene rings is 1. The Morgan fingerprint density at radius 2 is 2.15 bits per heavy atom. The fraction of sp³-hybridized carbons (Fsp3) is 0.400. The van der Waals surface area contributed by atoms with Crippen LogP contribution in [0, 0.1) is 12.8 Å². The van der Waals surface area contributed by atoms with Gasteiger partial charge >= 0.3 is 0 Å². The minimum atomic E-state index is -1.40. The highest BCUT2D eigenvalue weighted by Gasteiger charge is 2.47. The lowest BCUT2D eigenvalue weighted by molar-refractivity contribution is -0.223. The van der Waals surface area contributed by atoms with Gasteiger partial charge < -0.3 is 20.3 Å². The zero-order valence-electron chi connectivity index (χ0n) is 15.5. The van der Waals surface area contributed by atoms with Crippen molar-refractivity contribution in [2.75, 3.05) is 12.3 Å². The van der Waals surface area contributed by atoms with Crippen LogP contribution in [0.3, 0.4) is 0 Å². The van der Waals surface area contributed by atoms with Gasteiger partial charge in [-0.05, 0) is 24.3 Å². The van der Waals surface area contributed by atoms with E-state index in [2.05, 4.69) is 9.97 Å². The molecule has 1 aliphatic heterocycles. The first-order valence-corrected chi connectivity index (χ1v) is 9.78. The highest BCUT2D eigenvalue weighted by atomic mass is 32.1. The zero-order valence-corrected chi connectivity index (χ0v) is 16.4. The van der Waals surface area contributed by atoms with Gasteiger partial charge in [0.05, 0.1) is 24.2 Å². The van der Waals surface area contributed by atoms with E-state index < -0.39 is 5.79 Å². The summed E-state index contributed by atoms with van der Waals surface area (Å²) in [5.74, 6) is -1.09. The summed E-state index contributed by atoms with van der Waals surface area (Å²) in [7, 11) is 0. The highest BCUT2D eigenvalue weighted by Crippen LogP contribution is 2.42. The number of nitrogen functional groups attached to an aromatic ring is 1. The molecule has 3 rings (SSSR count). The normalized spacial score (nSPS) is 24.6. The van der Waals surface area contributed by atoms with Crippen molar-refractivity contribution >= 4 is 17.2 Å². The van der Waals surface area contributed by atoms with Crippen molar-refractivity contribution in [3.63, 3.8) is 0 Å². The summed E-state index contributed by atoms with van der Waals surface area (Å²) in [6, 6.07) is 9.99. The Bertz CT molecular complexity index is 813. The summed E-state index contributed by atoms with van der Waals surface area (Å²) in [5, 5.41) is 13.0. The third-order valence-corrected chi connectivity index (χ3v) is 5.74. The lowest BCUT2D eigenvalue weighted by atomic mass is 9.98. The van der Waals surface area contributed by atoms with Gasteiger partial charge in [0.15, 0.2) is 0 Å². The lowest BCUT2D eigenvalue weighted by Gasteiger charge is -2.26. The molecule has 0 spiro atoms. The number of aromatic nitrogens is 2. The van der Waals surface area contributed by atoms with Gasteiger partial charge in [-0.1, -0.05) is 37.3 Å². The van der Waals surface area contributed by atoms with Crippen LogP contribution in [0.5, 0.6) is 0 Å². The Kier molecular flexibility index (Phi) is 6.38. The van der Waals surface area contributed by atoms with Crippen molar-refractivity contribution in [3.05, 3.63) is 64.2 Å². The summed E-state index contributed by atoms with van der Waals surface area (Å²) >= 11 is 1.35. The van der Waals surface area contributed by atoms with Crippen LogP contribution in [-0.2, 0) is 21.9 Å². The highest BCUT2D eigenvalue weighted by molar-refractivity contribution is 7.09. The number of rotatable bonds is 5. The summed E-state index contributed by atoms with van der Waals surface area (Å²) < 4.78 is 11.8. The summed E-state index contributed by atoms with van der Waals surface area (Å²) in [4.78, 5) is 8.79. The van der Waals surface area contributed by atoms with E-state index in [4.69, 9.17) is 15.2 Å². The molecule has 2 aromatic rings. The first-order valence-electron chi connectivity index (χ1n) is 8.90. The molecule has 144 valence electrons. The van der Waals surface area contributed by atoms with Crippen molar-refractivity contribution in [1.29, 1.82) is 0 Å². The van der Waals surface area contributed by atoms with Crippen molar-refractivity contribution < 1.29 is 14.6 Å². The Balaban J connectivity index is 1.71. The van der Waals surface area contributed by atoms with E-state index >= 15 is 0 Å². The third-order valence-electron chi connectivity index (χ3n) is 4.62. The monoisotopic (exact) mass is 387 g/mol. The average molecular weight is 388 g/mol. The topological polar surface area (TPSA) is 90.5 Å². The molecule has 2 unspecified atom stereocenters. The molecule has 0 aliphatic carbocycles. The second-order valence-electron chi connectivity index (χ2n) is 6.76. The fourth-order valence-corrected chi connectivity index (χ4v) is 3.94. The van der Waals surface area contributed by atoms with Crippen LogP contribution in [0.1, 0.15) is 29.3 Å². The van der Waals surface area contributed by atoms with Crippen molar-refractivity contribution in [2.24, 2.45) is 5.92 Å². The van der Waals surface area contributed by atoms with Crippen LogP contribution in [0.4, 0.5) is 5.82 Å². The number of anilines is 1. The maximum absolute atomic E-state index is 11.2. The standard InChI is InChI=1S/C20H25N3O3S/c1-14-12-27-18(9-22-13-23-19(14)21)20(24)15(2)8-17(26-20)11-25-10-16-6-4-3-5-7-16/h3-7,9,12-13,15,17,24H,8,10-11H2,1-2H3,(H2,21,22,23)/t15-,17?,20?/m0/s1. The van der Waals surface area contributed by atoms with Gasteiger partial charge in [0.2, 0.25) is 5.79 Å². The van der Waals surface area contributed by atoms with E-state index in [0.29, 0.717) is 30.3 Å². The van der Waals surface area contributed by atoms with E-state index in [9.17, 15) is 5.11 Å². The number of hydrogen-bond acceptors (Lipinski definition) is 7. The van der Waals surface area contributed by atoms with Gasteiger partial charge in [0.25, 0.3) is 0 Å². The average Bonchev–Trinajstić information content (AvgIpc) is 2.99. The van der Waals surface area contributed by atoms with E-state index in [-0.39, 0.29) is 12.0 Å². The Morgan fingerprint density at radius 1 is 1.37 bits per heavy atom.